The molecule has 0 aromatic heterocycles. The number of ether oxygens (including phenoxy) is 3. The summed E-state index contributed by atoms with van der Waals surface area (Å²) in [4.78, 5) is 11.6. The van der Waals surface area contributed by atoms with Crippen LogP contribution >= 0.6 is 0 Å². The van der Waals surface area contributed by atoms with Crippen molar-refractivity contribution in [3.05, 3.63) is 23.8 Å². The van der Waals surface area contributed by atoms with E-state index < -0.39 is 11.4 Å². The molecule has 1 unspecified atom stereocenters. The lowest BCUT2D eigenvalue weighted by Gasteiger charge is -2.27. The maximum Gasteiger partial charge on any atom is 0.313 e. The summed E-state index contributed by atoms with van der Waals surface area (Å²) >= 11 is 0. The molecule has 0 saturated heterocycles. The van der Waals surface area contributed by atoms with Gasteiger partial charge in [-0.1, -0.05) is 6.07 Å². The first-order chi connectivity index (χ1) is 9.08. The Morgan fingerprint density at radius 1 is 1.37 bits per heavy atom. The van der Waals surface area contributed by atoms with Gasteiger partial charge < -0.3 is 19.3 Å². The number of hydrogen-bond acceptors (Lipinski definition) is 4. The van der Waals surface area contributed by atoms with Gasteiger partial charge in [-0.25, -0.2) is 0 Å². The predicted octanol–water partition coefficient (Wildman–Crippen LogP) is 1.84. The van der Waals surface area contributed by atoms with Crippen LogP contribution in [0.2, 0.25) is 0 Å². The lowest BCUT2D eigenvalue weighted by molar-refractivity contribution is -0.143. The quantitative estimate of drug-likeness (QED) is 0.881. The Hall–Kier alpha value is -1.75. The Kier molecular flexibility index (Phi) is 3.95. The molecule has 1 heterocycles. The van der Waals surface area contributed by atoms with Crippen LogP contribution in [0.4, 0.5) is 0 Å². The van der Waals surface area contributed by atoms with E-state index in [9.17, 15) is 9.90 Å². The van der Waals surface area contributed by atoms with Crippen LogP contribution in [-0.2, 0) is 14.9 Å². The number of aliphatic carboxylic acids is 1. The third-order valence-electron chi connectivity index (χ3n) is 3.46. The minimum Gasteiger partial charge on any atom is -0.486 e. The van der Waals surface area contributed by atoms with Crippen molar-refractivity contribution in [3.63, 3.8) is 0 Å². The van der Waals surface area contributed by atoms with Gasteiger partial charge >= 0.3 is 5.97 Å². The molecule has 5 nitrogen and oxygen atoms in total. The molecule has 1 N–H and O–H groups in total. The van der Waals surface area contributed by atoms with Crippen LogP contribution in [0.1, 0.15) is 18.9 Å². The fraction of sp³-hybridized carbons (Fsp3) is 0.500. The normalized spacial score (nSPS) is 16.7. The van der Waals surface area contributed by atoms with E-state index in [1.807, 2.05) is 0 Å². The summed E-state index contributed by atoms with van der Waals surface area (Å²) in [7, 11) is 1.56. The summed E-state index contributed by atoms with van der Waals surface area (Å²) in [5.41, 5.74) is -0.299. The van der Waals surface area contributed by atoms with Gasteiger partial charge in [-0.3, -0.25) is 4.79 Å². The minimum absolute atomic E-state index is 0.386. The topological polar surface area (TPSA) is 65.0 Å². The van der Waals surface area contributed by atoms with Gasteiger partial charge in [0.05, 0.1) is 5.41 Å². The Bertz CT molecular complexity index is 471. The van der Waals surface area contributed by atoms with Crippen LogP contribution in [0.15, 0.2) is 18.2 Å². The number of benzene rings is 1. The van der Waals surface area contributed by atoms with Crippen molar-refractivity contribution >= 4 is 5.97 Å². The summed E-state index contributed by atoms with van der Waals surface area (Å²) in [6, 6.07) is 5.29. The fourth-order valence-electron chi connectivity index (χ4n) is 2.07. The van der Waals surface area contributed by atoms with Crippen molar-refractivity contribution in [2.45, 2.75) is 18.8 Å². The zero-order valence-electron chi connectivity index (χ0n) is 11.1. The van der Waals surface area contributed by atoms with Crippen LogP contribution in [0.25, 0.3) is 0 Å². The molecule has 5 heteroatoms. The lowest BCUT2D eigenvalue weighted by atomic mass is 9.79. The lowest BCUT2D eigenvalue weighted by Crippen LogP contribution is -2.34. The van der Waals surface area contributed by atoms with E-state index in [0.29, 0.717) is 43.3 Å². The van der Waals surface area contributed by atoms with E-state index in [1.54, 1.807) is 32.2 Å². The van der Waals surface area contributed by atoms with Gasteiger partial charge in [-0.2, -0.15) is 0 Å². The molecular weight excluding hydrogens is 248 g/mol. The van der Waals surface area contributed by atoms with E-state index in [4.69, 9.17) is 14.2 Å². The summed E-state index contributed by atoms with van der Waals surface area (Å²) in [6.07, 6.45) is 0.401. The Morgan fingerprint density at radius 2 is 2.05 bits per heavy atom. The zero-order chi connectivity index (χ0) is 13.9. The molecule has 1 atom stereocenters. The molecule has 19 heavy (non-hydrogen) atoms. The third kappa shape index (κ3) is 2.66. The molecule has 104 valence electrons. The van der Waals surface area contributed by atoms with Gasteiger partial charge in [0, 0.05) is 13.7 Å². The SMILES string of the molecule is COCCC(C)(C(=O)O)c1ccc2c(c1)OCCO2. The van der Waals surface area contributed by atoms with Gasteiger partial charge in [0.1, 0.15) is 13.2 Å². The molecular formula is C14H18O5. The maximum atomic E-state index is 11.6. The first kappa shape index (κ1) is 13.7. The standard InChI is InChI=1S/C14H18O5/c1-14(13(15)16,5-6-17-2)10-3-4-11-12(9-10)19-8-7-18-11/h3-4,9H,5-8H2,1-2H3,(H,15,16). The van der Waals surface area contributed by atoms with E-state index >= 15 is 0 Å². The second kappa shape index (κ2) is 5.48. The summed E-state index contributed by atoms with van der Waals surface area (Å²) in [5, 5.41) is 9.49. The van der Waals surface area contributed by atoms with Crippen molar-refractivity contribution in [2.24, 2.45) is 0 Å². The van der Waals surface area contributed by atoms with Gasteiger partial charge in [0.2, 0.25) is 0 Å². The molecule has 0 radical (unpaired) electrons. The van der Waals surface area contributed by atoms with Gasteiger partial charge in [-0.05, 0) is 31.0 Å². The molecule has 1 aliphatic heterocycles. The molecule has 0 aliphatic carbocycles. The second-order valence-electron chi connectivity index (χ2n) is 4.74. The van der Waals surface area contributed by atoms with Crippen LogP contribution < -0.4 is 9.47 Å². The van der Waals surface area contributed by atoms with Gasteiger partial charge in [0.15, 0.2) is 11.5 Å². The fourth-order valence-corrected chi connectivity index (χ4v) is 2.07. The molecule has 0 spiro atoms. The van der Waals surface area contributed by atoms with Crippen LogP contribution in [-0.4, -0.2) is 38.0 Å². The second-order valence-corrected chi connectivity index (χ2v) is 4.74. The number of methoxy groups -OCH3 is 1. The average Bonchev–Trinajstić information content (AvgIpc) is 2.44. The van der Waals surface area contributed by atoms with Gasteiger partial charge in [-0.15, -0.1) is 0 Å². The highest BCUT2D eigenvalue weighted by Gasteiger charge is 2.35. The smallest absolute Gasteiger partial charge is 0.313 e. The number of hydrogen-bond donors (Lipinski definition) is 1. The van der Waals surface area contributed by atoms with Crippen molar-refractivity contribution in [1.82, 2.24) is 0 Å². The summed E-state index contributed by atoms with van der Waals surface area (Å²) < 4.78 is 15.9. The van der Waals surface area contributed by atoms with E-state index in [1.165, 1.54) is 0 Å². The largest absolute Gasteiger partial charge is 0.486 e. The first-order valence-corrected chi connectivity index (χ1v) is 6.20. The predicted molar refractivity (Wildman–Crippen MR) is 68.9 cm³/mol. The number of carbonyl (C=O) groups is 1. The van der Waals surface area contributed by atoms with Crippen molar-refractivity contribution in [2.75, 3.05) is 26.9 Å². The average molecular weight is 266 g/mol. The Balaban J connectivity index is 2.34. The van der Waals surface area contributed by atoms with Crippen molar-refractivity contribution in [3.8, 4) is 11.5 Å². The highest BCUT2D eigenvalue weighted by atomic mass is 16.6. The molecule has 1 aromatic rings. The molecule has 0 fully saturated rings. The van der Waals surface area contributed by atoms with E-state index in [-0.39, 0.29) is 0 Å². The van der Waals surface area contributed by atoms with Crippen LogP contribution in [0.5, 0.6) is 11.5 Å². The molecule has 2 rings (SSSR count). The number of carboxylic acid groups (broad SMARTS) is 1. The minimum atomic E-state index is -0.994. The van der Waals surface area contributed by atoms with E-state index in [2.05, 4.69) is 0 Å². The molecule has 0 amide bonds. The number of carboxylic acids is 1. The third-order valence-corrected chi connectivity index (χ3v) is 3.46. The van der Waals surface area contributed by atoms with E-state index in [0.717, 1.165) is 0 Å². The monoisotopic (exact) mass is 266 g/mol. The van der Waals surface area contributed by atoms with Crippen LogP contribution in [0.3, 0.4) is 0 Å². The van der Waals surface area contributed by atoms with Gasteiger partial charge in [0.25, 0.3) is 0 Å². The van der Waals surface area contributed by atoms with Crippen LogP contribution in [0, 0.1) is 0 Å². The highest BCUT2D eigenvalue weighted by molar-refractivity contribution is 5.81. The maximum absolute atomic E-state index is 11.6. The van der Waals surface area contributed by atoms with Crippen molar-refractivity contribution in [1.29, 1.82) is 0 Å². The summed E-state index contributed by atoms with van der Waals surface area (Å²) in [6.45, 7) is 3.08. The van der Waals surface area contributed by atoms with Crippen molar-refractivity contribution < 1.29 is 24.1 Å². The zero-order valence-corrected chi connectivity index (χ0v) is 11.1. The first-order valence-electron chi connectivity index (χ1n) is 6.20. The molecule has 1 aliphatic rings. The highest BCUT2D eigenvalue weighted by Crippen LogP contribution is 2.36. The molecule has 0 saturated carbocycles. The Labute approximate surface area is 112 Å². The number of fused-ring (bicyclic) bond motifs is 1. The Morgan fingerprint density at radius 3 is 2.68 bits per heavy atom. The molecule has 1 aromatic carbocycles. The number of rotatable bonds is 5. The molecule has 0 bridgehead atoms. The summed E-state index contributed by atoms with van der Waals surface area (Å²) in [5.74, 6) is 0.393.